The van der Waals surface area contributed by atoms with Gasteiger partial charge in [0.1, 0.15) is 19.2 Å². The van der Waals surface area contributed by atoms with Gasteiger partial charge in [-0.25, -0.2) is 8.78 Å². The standard InChI is InChI=1S/C29H36F2N6O4/c1-17-4-3-5-21(18(17)2)35-10-11-36(23(14-35)28(30)31)24(39)15-37-22-13-19-12-20(19)26(22)27(32-37)29(41)34-8-6-33(7-9-34)25(40)16-38/h3-5,19-20,23,28,38H,6-16H2,1-2H3/t19-,20-,23?/m1/s1. The van der Waals surface area contributed by atoms with E-state index in [0.29, 0.717) is 44.3 Å². The first-order valence-electron chi connectivity index (χ1n) is 14.3. The third-order valence-corrected chi connectivity index (χ3v) is 9.34. The first-order valence-corrected chi connectivity index (χ1v) is 14.3. The van der Waals surface area contributed by atoms with Crippen LogP contribution in [0, 0.1) is 19.8 Å². The molecule has 2 aromatic rings. The number of hydrogen-bond acceptors (Lipinski definition) is 6. The van der Waals surface area contributed by atoms with Crippen LogP contribution in [0.2, 0.25) is 0 Å². The highest BCUT2D eigenvalue weighted by Crippen LogP contribution is 2.57. The van der Waals surface area contributed by atoms with Crippen molar-refractivity contribution < 1.29 is 28.3 Å². The third kappa shape index (κ3) is 4.96. The minimum absolute atomic E-state index is 0.0452. The molecule has 3 fully saturated rings. The number of fused-ring (bicyclic) bond motifs is 3. The molecular weight excluding hydrogens is 534 g/mol. The van der Waals surface area contributed by atoms with E-state index in [-0.39, 0.29) is 37.4 Å². The van der Waals surface area contributed by atoms with Crippen LogP contribution < -0.4 is 4.90 Å². The minimum Gasteiger partial charge on any atom is -0.387 e. The molecule has 2 aliphatic carbocycles. The van der Waals surface area contributed by atoms with Crippen molar-refractivity contribution in [2.24, 2.45) is 5.92 Å². The lowest BCUT2D eigenvalue weighted by atomic mass is 10.0. The summed E-state index contributed by atoms with van der Waals surface area (Å²) >= 11 is 0. The molecule has 220 valence electrons. The summed E-state index contributed by atoms with van der Waals surface area (Å²) in [6, 6.07) is 4.60. The number of rotatable bonds is 6. The molecule has 10 nitrogen and oxygen atoms in total. The van der Waals surface area contributed by atoms with Crippen molar-refractivity contribution in [2.75, 3.05) is 57.3 Å². The Morgan fingerprint density at radius 3 is 2.46 bits per heavy atom. The van der Waals surface area contributed by atoms with Gasteiger partial charge in [-0.3, -0.25) is 19.1 Å². The van der Waals surface area contributed by atoms with Gasteiger partial charge in [0.2, 0.25) is 11.8 Å². The van der Waals surface area contributed by atoms with Crippen LogP contribution in [-0.2, 0) is 22.6 Å². The van der Waals surface area contributed by atoms with Crippen molar-refractivity contribution >= 4 is 23.4 Å². The Hall–Kier alpha value is -3.54. The van der Waals surface area contributed by atoms with Gasteiger partial charge in [0, 0.05) is 62.8 Å². The largest absolute Gasteiger partial charge is 0.387 e. The van der Waals surface area contributed by atoms with Crippen LogP contribution >= 0.6 is 0 Å². The first-order chi connectivity index (χ1) is 19.7. The average molecular weight is 571 g/mol. The highest BCUT2D eigenvalue weighted by atomic mass is 19.3. The Balaban J connectivity index is 1.18. The zero-order chi connectivity index (χ0) is 29.0. The molecule has 2 saturated heterocycles. The number of halogens is 2. The molecule has 12 heteroatoms. The smallest absolute Gasteiger partial charge is 0.274 e. The Labute approximate surface area is 237 Å². The predicted octanol–water partition coefficient (Wildman–Crippen LogP) is 1.42. The quantitative estimate of drug-likeness (QED) is 0.564. The van der Waals surface area contributed by atoms with Crippen LogP contribution in [0.5, 0.6) is 0 Å². The molecule has 0 bridgehead atoms. The van der Waals surface area contributed by atoms with Crippen LogP contribution in [-0.4, -0.2) is 112 Å². The van der Waals surface area contributed by atoms with E-state index < -0.39 is 25.0 Å². The molecule has 6 rings (SSSR count). The SMILES string of the molecule is Cc1cccc(N2CCN(C(=O)Cn3nc(C(=O)N4CCN(C(=O)CO)CC4)c4c3C[C@H]3C[C@@H]43)C(C(F)F)C2)c1C. The summed E-state index contributed by atoms with van der Waals surface area (Å²) in [7, 11) is 0. The fraction of sp³-hybridized carbons (Fsp3) is 0.586. The zero-order valence-electron chi connectivity index (χ0n) is 23.4. The molecule has 0 spiro atoms. The number of aliphatic hydroxyl groups excluding tert-OH is 1. The Kier molecular flexibility index (Phi) is 7.21. The van der Waals surface area contributed by atoms with Gasteiger partial charge in [-0.1, -0.05) is 12.1 Å². The summed E-state index contributed by atoms with van der Waals surface area (Å²) in [6.07, 6.45) is -0.985. The second-order valence-electron chi connectivity index (χ2n) is 11.7. The van der Waals surface area contributed by atoms with Crippen molar-refractivity contribution in [3.05, 3.63) is 46.3 Å². The van der Waals surface area contributed by atoms with E-state index in [1.807, 2.05) is 36.9 Å². The maximum atomic E-state index is 14.3. The fourth-order valence-corrected chi connectivity index (χ4v) is 6.74. The van der Waals surface area contributed by atoms with E-state index >= 15 is 0 Å². The maximum Gasteiger partial charge on any atom is 0.274 e. The number of aliphatic hydroxyl groups is 1. The van der Waals surface area contributed by atoms with Gasteiger partial charge in [0.15, 0.2) is 5.69 Å². The average Bonchev–Trinajstić information content (AvgIpc) is 3.51. The molecule has 2 aliphatic heterocycles. The summed E-state index contributed by atoms with van der Waals surface area (Å²) in [5, 5.41) is 13.7. The predicted molar refractivity (Wildman–Crippen MR) is 146 cm³/mol. The third-order valence-electron chi connectivity index (χ3n) is 9.34. The highest BCUT2D eigenvalue weighted by molar-refractivity contribution is 5.95. The van der Waals surface area contributed by atoms with Gasteiger partial charge in [-0.15, -0.1) is 0 Å². The van der Waals surface area contributed by atoms with Gasteiger partial charge < -0.3 is 24.7 Å². The molecule has 1 saturated carbocycles. The van der Waals surface area contributed by atoms with E-state index in [0.717, 1.165) is 40.9 Å². The lowest BCUT2D eigenvalue weighted by Crippen LogP contribution is -2.58. The molecule has 41 heavy (non-hydrogen) atoms. The number of piperazine rings is 2. The van der Waals surface area contributed by atoms with Crippen molar-refractivity contribution in [3.63, 3.8) is 0 Å². The lowest BCUT2D eigenvalue weighted by Gasteiger charge is -2.42. The highest BCUT2D eigenvalue weighted by Gasteiger charge is 2.51. The van der Waals surface area contributed by atoms with Gasteiger partial charge in [0.25, 0.3) is 12.3 Å². The number of carbonyl (C=O) groups excluding carboxylic acids is 3. The number of benzene rings is 1. The van der Waals surface area contributed by atoms with Gasteiger partial charge in [-0.2, -0.15) is 5.10 Å². The van der Waals surface area contributed by atoms with Gasteiger partial charge in [0.05, 0.1) is 0 Å². The number of alkyl halides is 2. The van der Waals surface area contributed by atoms with Crippen LogP contribution in [0.25, 0.3) is 0 Å². The molecule has 1 aromatic carbocycles. The maximum absolute atomic E-state index is 14.3. The number of aryl methyl sites for hydroxylation is 1. The van der Waals surface area contributed by atoms with Crippen LogP contribution in [0.3, 0.4) is 0 Å². The van der Waals surface area contributed by atoms with E-state index in [4.69, 9.17) is 5.11 Å². The molecule has 3 heterocycles. The minimum atomic E-state index is -2.70. The Bertz CT molecular complexity index is 1370. The summed E-state index contributed by atoms with van der Waals surface area (Å²) in [5.41, 5.74) is 5.14. The zero-order valence-corrected chi connectivity index (χ0v) is 23.4. The van der Waals surface area contributed by atoms with Gasteiger partial charge >= 0.3 is 0 Å². The first kappa shape index (κ1) is 27.6. The van der Waals surface area contributed by atoms with E-state index in [2.05, 4.69) is 5.10 Å². The second kappa shape index (κ2) is 10.7. The summed E-state index contributed by atoms with van der Waals surface area (Å²) in [5.74, 6) is -0.330. The molecule has 0 radical (unpaired) electrons. The fourth-order valence-electron chi connectivity index (χ4n) is 6.74. The summed E-state index contributed by atoms with van der Waals surface area (Å²) in [4.78, 5) is 45.3. The normalized spacial score (nSPS) is 23.6. The summed E-state index contributed by atoms with van der Waals surface area (Å²) in [6.45, 7) is 5.25. The number of anilines is 1. The van der Waals surface area contributed by atoms with E-state index in [1.54, 1.807) is 9.58 Å². The van der Waals surface area contributed by atoms with Crippen LogP contribution in [0.4, 0.5) is 14.5 Å². The van der Waals surface area contributed by atoms with E-state index in [1.165, 1.54) is 9.80 Å². The van der Waals surface area contributed by atoms with Crippen molar-refractivity contribution in [3.8, 4) is 0 Å². The van der Waals surface area contributed by atoms with Crippen molar-refractivity contribution in [2.45, 2.75) is 51.6 Å². The molecule has 1 unspecified atom stereocenters. The monoisotopic (exact) mass is 570 g/mol. The number of carbonyl (C=O) groups is 3. The number of nitrogens with zero attached hydrogens (tertiary/aromatic N) is 6. The summed E-state index contributed by atoms with van der Waals surface area (Å²) < 4.78 is 30.2. The van der Waals surface area contributed by atoms with Crippen molar-refractivity contribution in [1.29, 1.82) is 0 Å². The molecule has 1 N–H and O–H groups in total. The van der Waals surface area contributed by atoms with Crippen molar-refractivity contribution in [1.82, 2.24) is 24.5 Å². The van der Waals surface area contributed by atoms with Crippen LogP contribution in [0.1, 0.15) is 45.2 Å². The molecule has 3 atom stereocenters. The Morgan fingerprint density at radius 1 is 1.02 bits per heavy atom. The number of aromatic nitrogens is 2. The van der Waals surface area contributed by atoms with E-state index in [9.17, 15) is 23.2 Å². The second-order valence-corrected chi connectivity index (χ2v) is 11.7. The topological polar surface area (TPSA) is 102 Å². The molecule has 3 amide bonds. The number of amides is 3. The van der Waals surface area contributed by atoms with Crippen LogP contribution in [0.15, 0.2) is 18.2 Å². The Morgan fingerprint density at radius 2 is 1.76 bits per heavy atom. The van der Waals surface area contributed by atoms with Gasteiger partial charge in [-0.05, 0) is 55.7 Å². The molecule has 4 aliphatic rings. The lowest BCUT2D eigenvalue weighted by molar-refractivity contribution is -0.138. The molecule has 1 aromatic heterocycles. The molecular formula is C29H36F2N6O4. The number of hydrogen-bond donors (Lipinski definition) is 1.